The second kappa shape index (κ2) is 14.4. The molecule has 4 aromatic heterocycles. The zero-order chi connectivity index (χ0) is 43.3. The molecule has 1 aliphatic carbocycles. The summed E-state index contributed by atoms with van der Waals surface area (Å²) in [5, 5.41) is 7.52. The van der Waals surface area contributed by atoms with Crippen LogP contribution in [0.1, 0.15) is 17.9 Å². The maximum absolute atomic E-state index is 5.24. The van der Waals surface area contributed by atoms with Crippen LogP contribution in [-0.2, 0) is 0 Å². The third kappa shape index (κ3) is 5.50. The summed E-state index contributed by atoms with van der Waals surface area (Å²) in [5.74, 6) is 1.04. The molecule has 0 amide bonds. The molecule has 13 aromatic rings. The average Bonchev–Trinajstić information content (AvgIpc) is 4.13. The monoisotopic (exact) mass is 843 g/mol. The van der Waals surface area contributed by atoms with E-state index in [9.17, 15) is 0 Å². The van der Waals surface area contributed by atoms with Crippen LogP contribution >= 0.6 is 0 Å². The third-order valence-corrected chi connectivity index (χ3v) is 13.9. The van der Waals surface area contributed by atoms with E-state index in [1.807, 2.05) is 0 Å². The quantitative estimate of drug-likeness (QED) is 0.164. The lowest BCUT2D eigenvalue weighted by molar-refractivity contribution is 0.833. The second-order valence-corrected chi connectivity index (χ2v) is 17.5. The SMILES string of the molecule is C1=C(n2c3ccccc3c3ccccc32)C=C(n2c3ccccc3c3ccccc32)CC1c1ccc(-n2c3ccccc3c3ccc(-c4nc5ccccc5n4-c4ccccc4)cc32)cc1. The Morgan fingerprint density at radius 3 is 1.42 bits per heavy atom. The Balaban J connectivity index is 0.933. The van der Waals surface area contributed by atoms with Gasteiger partial charge >= 0.3 is 0 Å². The van der Waals surface area contributed by atoms with Crippen LogP contribution in [0.25, 0.3) is 111 Å². The number of para-hydroxylation sites is 8. The molecule has 5 heteroatoms. The van der Waals surface area contributed by atoms with Crippen LogP contribution in [0.3, 0.4) is 0 Å². The smallest absolute Gasteiger partial charge is 0.145 e. The van der Waals surface area contributed by atoms with Crippen molar-refractivity contribution in [1.29, 1.82) is 0 Å². The van der Waals surface area contributed by atoms with Gasteiger partial charge in [0, 0.05) is 66.6 Å². The molecule has 1 aliphatic rings. The van der Waals surface area contributed by atoms with Crippen LogP contribution in [0.4, 0.5) is 0 Å². The van der Waals surface area contributed by atoms with Gasteiger partial charge in [0.15, 0.2) is 0 Å². The molecule has 0 aliphatic heterocycles. The number of hydrogen-bond donors (Lipinski definition) is 0. The lowest BCUT2D eigenvalue weighted by Crippen LogP contribution is -2.10. The summed E-state index contributed by atoms with van der Waals surface area (Å²) < 4.78 is 9.69. The summed E-state index contributed by atoms with van der Waals surface area (Å²) in [6, 6.07) is 79.3. The van der Waals surface area contributed by atoms with Crippen LogP contribution in [0, 0.1) is 0 Å². The number of hydrogen-bond acceptors (Lipinski definition) is 1. The van der Waals surface area contributed by atoms with Gasteiger partial charge < -0.3 is 13.7 Å². The molecule has 0 saturated heterocycles. The van der Waals surface area contributed by atoms with Gasteiger partial charge in [-0.15, -0.1) is 0 Å². The van der Waals surface area contributed by atoms with Gasteiger partial charge in [-0.3, -0.25) is 4.57 Å². The minimum Gasteiger partial charge on any atom is -0.313 e. The molecule has 4 heterocycles. The molecule has 0 spiro atoms. The molecule has 0 radical (unpaired) electrons. The van der Waals surface area contributed by atoms with Gasteiger partial charge in [0.05, 0.1) is 44.1 Å². The fraction of sp³-hybridized carbons (Fsp3) is 0.0328. The first kappa shape index (κ1) is 36.8. The number of imidazole rings is 1. The molecule has 9 aromatic carbocycles. The van der Waals surface area contributed by atoms with Crippen molar-refractivity contribution in [2.75, 3.05) is 0 Å². The highest BCUT2D eigenvalue weighted by atomic mass is 15.1. The van der Waals surface area contributed by atoms with E-state index in [4.69, 9.17) is 4.98 Å². The molecule has 1 unspecified atom stereocenters. The number of rotatable bonds is 6. The predicted molar refractivity (Wildman–Crippen MR) is 276 cm³/mol. The molecule has 0 saturated carbocycles. The molecule has 0 bridgehead atoms. The molecular formula is C61H41N5. The predicted octanol–water partition coefficient (Wildman–Crippen LogP) is 15.6. The number of aromatic nitrogens is 5. The van der Waals surface area contributed by atoms with Crippen molar-refractivity contribution in [2.24, 2.45) is 0 Å². The van der Waals surface area contributed by atoms with Crippen LogP contribution in [-0.4, -0.2) is 23.3 Å². The first-order valence-corrected chi connectivity index (χ1v) is 22.8. The van der Waals surface area contributed by atoms with E-state index in [0.717, 1.165) is 45.7 Å². The van der Waals surface area contributed by atoms with Gasteiger partial charge in [-0.2, -0.15) is 0 Å². The summed E-state index contributed by atoms with van der Waals surface area (Å²) in [6.45, 7) is 0. The van der Waals surface area contributed by atoms with Gasteiger partial charge in [0.2, 0.25) is 0 Å². The summed E-state index contributed by atoms with van der Waals surface area (Å²) in [4.78, 5) is 5.24. The topological polar surface area (TPSA) is 32.6 Å². The highest BCUT2D eigenvalue weighted by Crippen LogP contribution is 2.43. The van der Waals surface area contributed by atoms with Crippen molar-refractivity contribution < 1.29 is 0 Å². The van der Waals surface area contributed by atoms with Gasteiger partial charge in [0.1, 0.15) is 5.82 Å². The molecule has 1 atom stereocenters. The molecule has 0 fully saturated rings. The molecule has 14 rings (SSSR count). The fourth-order valence-corrected chi connectivity index (χ4v) is 11.0. The zero-order valence-corrected chi connectivity index (χ0v) is 36.0. The van der Waals surface area contributed by atoms with E-state index in [1.54, 1.807) is 0 Å². The van der Waals surface area contributed by atoms with Crippen molar-refractivity contribution in [3.8, 4) is 22.8 Å². The largest absolute Gasteiger partial charge is 0.313 e. The number of benzene rings is 9. The lowest BCUT2D eigenvalue weighted by Gasteiger charge is -2.26. The standard InChI is InChI=1S/C61H41N5/c1-2-16-43(17-3-1)66-59-29-15-9-23-53(59)62-61(66)41-32-35-52-51-22-8-10-24-54(51)63(60(52)38-41)44-33-30-40(31-34-44)42-36-45(64-55-25-11-4-18-47(55)48-19-5-12-26-56(48)64)39-46(37-42)65-57-27-13-6-20-49(57)50-21-7-14-28-58(50)65/h1-36,38-39,42H,37H2. The highest BCUT2D eigenvalue weighted by Gasteiger charge is 2.25. The number of nitrogens with zero attached hydrogens (tertiary/aromatic N) is 5. The van der Waals surface area contributed by atoms with E-state index >= 15 is 0 Å². The van der Waals surface area contributed by atoms with Crippen LogP contribution < -0.4 is 0 Å². The Morgan fingerprint density at radius 2 is 0.833 bits per heavy atom. The van der Waals surface area contributed by atoms with Gasteiger partial charge in [-0.1, -0.05) is 152 Å². The summed E-state index contributed by atoms with van der Waals surface area (Å²) in [6.07, 6.45) is 5.78. The Hall–Kier alpha value is -8.67. The van der Waals surface area contributed by atoms with E-state index < -0.39 is 0 Å². The summed E-state index contributed by atoms with van der Waals surface area (Å²) in [7, 11) is 0. The maximum Gasteiger partial charge on any atom is 0.145 e. The molecule has 0 N–H and O–H groups in total. The Kier molecular flexibility index (Phi) is 8.04. The molecular weight excluding hydrogens is 803 g/mol. The second-order valence-electron chi connectivity index (χ2n) is 17.5. The fourth-order valence-electron chi connectivity index (χ4n) is 11.0. The zero-order valence-electron chi connectivity index (χ0n) is 36.0. The van der Waals surface area contributed by atoms with E-state index in [1.165, 1.54) is 76.9 Å². The molecule has 66 heavy (non-hydrogen) atoms. The van der Waals surface area contributed by atoms with E-state index in [-0.39, 0.29) is 5.92 Å². The van der Waals surface area contributed by atoms with Gasteiger partial charge in [-0.25, -0.2) is 4.98 Å². The van der Waals surface area contributed by atoms with Crippen molar-refractivity contribution >= 4 is 87.8 Å². The summed E-state index contributed by atoms with van der Waals surface area (Å²) in [5.41, 5.74) is 16.3. The Morgan fingerprint density at radius 1 is 0.364 bits per heavy atom. The van der Waals surface area contributed by atoms with Crippen molar-refractivity contribution in [3.63, 3.8) is 0 Å². The van der Waals surface area contributed by atoms with Crippen molar-refractivity contribution in [3.05, 3.63) is 236 Å². The first-order valence-electron chi connectivity index (χ1n) is 22.8. The lowest BCUT2D eigenvalue weighted by atomic mass is 9.89. The maximum atomic E-state index is 5.24. The minimum atomic E-state index is 0.115. The molecule has 5 nitrogen and oxygen atoms in total. The van der Waals surface area contributed by atoms with Crippen molar-refractivity contribution in [2.45, 2.75) is 12.3 Å². The normalized spacial score (nSPS) is 14.3. The van der Waals surface area contributed by atoms with E-state index in [0.29, 0.717) is 0 Å². The molecule has 310 valence electrons. The average molecular weight is 844 g/mol. The van der Waals surface area contributed by atoms with Crippen LogP contribution in [0.15, 0.2) is 231 Å². The van der Waals surface area contributed by atoms with Gasteiger partial charge in [0.25, 0.3) is 0 Å². The number of allylic oxidation sites excluding steroid dienone is 4. The van der Waals surface area contributed by atoms with Crippen LogP contribution in [0.5, 0.6) is 0 Å². The third-order valence-electron chi connectivity index (χ3n) is 13.9. The van der Waals surface area contributed by atoms with Gasteiger partial charge in [-0.05, 0) is 90.9 Å². The highest BCUT2D eigenvalue weighted by molar-refractivity contribution is 6.13. The van der Waals surface area contributed by atoms with E-state index in [2.05, 4.69) is 249 Å². The number of fused-ring (bicyclic) bond motifs is 10. The Bertz CT molecular complexity index is 4030. The first-order chi connectivity index (χ1) is 32.7. The van der Waals surface area contributed by atoms with Crippen molar-refractivity contribution in [1.82, 2.24) is 23.3 Å². The minimum absolute atomic E-state index is 0.115. The summed E-state index contributed by atoms with van der Waals surface area (Å²) >= 11 is 0. The van der Waals surface area contributed by atoms with Crippen LogP contribution in [0.2, 0.25) is 0 Å². The Labute approximate surface area is 380 Å².